The average Bonchev–Trinajstić information content (AvgIpc) is 2.49. The molecule has 0 fully saturated rings. The van der Waals surface area contributed by atoms with Crippen molar-refractivity contribution in [3.05, 3.63) is 50.6 Å². The summed E-state index contributed by atoms with van der Waals surface area (Å²) < 4.78 is 58.1. The van der Waals surface area contributed by atoms with Crippen molar-refractivity contribution >= 4 is 48.9 Å². The summed E-state index contributed by atoms with van der Waals surface area (Å²) in [5, 5.41) is 0. The Balaban J connectivity index is 6.47. The molecule has 0 saturated heterocycles. The maximum atomic E-state index is 14.1. The van der Waals surface area contributed by atoms with E-state index in [1.165, 1.54) is 0 Å². The third-order valence-corrected chi connectivity index (χ3v) is 22.4. The number of rotatable bonds is 18. The van der Waals surface area contributed by atoms with Gasteiger partial charge in [-0.3, -0.25) is 0 Å². The van der Waals surface area contributed by atoms with E-state index in [1.807, 2.05) is 52.4 Å². The van der Waals surface area contributed by atoms with Gasteiger partial charge in [-0.1, -0.05) is 24.3 Å². The minimum Gasteiger partial charge on any atom is -0.330 e. The molecule has 0 N–H and O–H groups in total. The molecule has 0 aliphatic rings. The molecule has 0 aromatic carbocycles. The Morgan fingerprint density at radius 3 is 0.848 bits per heavy atom. The number of hydrogen-bond acceptors (Lipinski definition) is 7. The monoisotopic (exact) mass is 570 g/mol. The van der Waals surface area contributed by atoms with Gasteiger partial charge in [0.05, 0.1) is 0 Å². The van der Waals surface area contributed by atoms with Gasteiger partial charge in [0, 0.05) is 0 Å². The first-order valence-electron chi connectivity index (χ1n) is 11.0. The minimum absolute atomic E-state index is 0.507. The van der Waals surface area contributed by atoms with Gasteiger partial charge >= 0.3 is 15.6 Å². The summed E-state index contributed by atoms with van der Waals surface area (Å²) in [4.78, 5) is 0. The maximum absolute atomic E-state index is 14.1. The number of phosphoric acid groups is 2. The quantitative estimate of drug-likeness (QED) is 0.0925. The van der Waals surface area contributed by atoms with E-state index < -0.39 is 48.9 Å². The predicted octanol–water partition coefficient (Wildman–Crippen LogP) is 8.85. The van der Waals surface area contributed by atoms with Gasteiger partial charge < -0.3 is 16.9 Å². The van der Waals surface area contributed by atoms with Crippen molar-refractivity contribution in [1.29, 1.82) is 0 Å². The van der Waals surface area contributed by atoms with E-state index >= 15 is 0 Å². The first-order chi connectivity index (χ1) is 14.8. The van der Waals surface area contributed by atoms with Crippen LogP contribution in [0.2, 0.25) is 76.6 Å². The van der Waals surface area contributed by atoms with Crippen LogP contribution in [-0.4, -0.2) is 33.3 Å². The topological polar surface area (TPSA) is 80.3 Å². The molecule has 0 bridgehead atoms. The second-order valence-electron chi connectivity index (χ2n) is 10.4. The van der Waals surface area contributed by atoms with E-state index in [9.17, 15) is 9.13 Å². The molecular weight excluding hydrogens is 527 g/mol. The van der Waals surface area contributed by atoms with Crippen molar-refractivity contribution in [1.82, 2.24) is 0 Å². The molecule has 33 heavy (non-hydrogen) atoms. The van der Waals surface area contributed by atoms with E-state index in [4.69, 9.17) is 21.2 Å². The van der Waals surface area contributed by atoms with Gasteiger partial charge in [-0.25, -0.2) is 9.13 Å². The zero-order valence-electron chi connectivity index (χ0n) is 21.7. The molecule has 13 heteroatoms. The van der Waals surface area contributed by atoms with Crippen LogP contribution in [0.15, 0.2) is 50.6 Å². The Morgan fingerprint density at radius 1 is 0.515 bits per heavy atom. The Morgan fingerprint density at radius 2 is 0.697 bits per heavy atom. The largest absolute Gasteiger partial charge is 0.464 e. The van der Waals surface area contributed by atoms with Crippen LogP contribution in [0.5, 0.6) is 0 Å². The molecule has 0 unspecified atom stereocenters. The summed E-state index contributed by atoms with van der Waals surface area (Å²) in [6.45, 7) is 30.0. The molecule has 0 spiro atoms. The smallest absolute Gasteiger partial charge is 0.330 e. The fraction of sp³-hybridized carbons (Fsp3) is 0.600. The first-order valence-corrected chi connectivity index (χ1v) is 26.3. The standard InChI is InChI=1S/C20H44O7P2Si4/c1-13-17-30(5,6)24-28(21,25-31(7,8)18-14-2)23-29(22,26-32(9,10)19-15-3)27-33(11,12)20-16-4/h13-16H,1-4,17-20H2,5-12H3. The Kier molecular flexibility index (Phi) is 12.9. The molecule has 0 aromatic rings. The highest BCUT2D eigenvalue weighted by atomic mass is 31.3. The summed E-state index contributed by atoms with van der Waals surface area (Å²) in [5.41, 5.74) is 0. The van der Waals surface area contributed by atoms with Crippen LogP contribution in [0.3, 0.4) is 0 Å². The van der Waals surface area contributed by atoms with Crippen molar-refractivity contribution in [2.45, 2.75) is 76.6 Å². The van der Waals surface area contributed by atoms with Gasteiger partial charge in [0.15, 0.2) is 0 Å². The summed E-state index contributed by atoms with van der Waals surface area (Å²) in [7, 11) is -19.0. The molecule has 0 aliphatic heterocycles. The molecule has 0 aliphatic carbocycles. The van der Waals surface area contributed by atoms with E-state index in [0.717, 1.165) is 0 Å². The lowest BCUT2D eigenvalue weighted by Crippen LogP contribution is -2.36. The summed E-state index contributed by atoms with van der Waals surface area (Å²) >= 11 is 0. The van der Waals surface area contributed by atoms with Crippen molar-refractivity contribution in [3.63, 3.8) is 0 Å². The number of allylic oxidation sites excluding steroid dienone is 4. The predicted molar refractivity (Wildman–Crippen MR) is 151 cm³/mol. The van der Waals surface area contributed by atoms with E-state index in [1.54, 1.807) is 24.3 Å². The van der Waals surface area contributed by atoms with Gasteiger partial charge in [-0.15, -0.1) is 26.3 Å². The molecule has 7 nitrogen and oxygen atoms in total. The molecule has 0 amide bonds. The highest BCUT2D eigenvalue weighted by Gasteiger charge is 2.51. The third kappa shape index (κ3) is 13.7. The molecule has 192 valence electrons. The summed E-state index contributed by atoms with van der Waals surface area (Å²) in [6, 6.07) is 2.03. The fourth-order valence-electron chi connectivity index (χ4n) is 2.98. The molecule has 0 heterocycles. The molecule has 0 saturated carbocycles. The summed E-state index contributed by atoms with van der Waals surface area (Å²) in [5.74, 6) is 0. The lowest BCUT2D eigenvalue weighted by Gasteiger charge is -2.37. The highest BCUT2D eigenvalue weighted by molar-refractivity contribution is 7.65. The lowest BCUT2D eigenvalue weighted by molar-refractivity contribution is 0.237. The average molecular weight is 571 g/mol. The molecule has 0 aromatic heterocycles. The van der Waals surface area contributed by atoms with Gasteiger partial charge in [0.1, 0.15) is 0 Å². The Bertz CT molecular complexity index is 677. The van der Waals surface area contributed by atoms with Gasteiger partial charge in [-0.05, 0) is 76.6 Å². The van der Waals surface area contributed by atoms with Crippen molar-refractivity contribution in [3.8, 4) is 0 Å². The molecule has 0 atom stereocenters. The van der Waals surface area contributed by atoms with Crippen molar-refractivity contribution in [2.24, 2.45) is 0 Å². The van der Waals surface area contributed by atoms with Crippen LogP contribution in [0.25, 0.3) is 0 Å². The molecular formula is C20H44O7P2Si4. The molecule has 0 rings (SSSR count). The zero-order valence-corrected chi connectivity index (χ0v) is 27.5. The SMILES string of the molecule is C=CC[Si](C)(C)OP(=O)(O[Si](C)(C)CC=C)OP(=O)(O[Si](C)(C)CC=C)O[Si](C)(C)CC=C. The Hall–Kier alpha value is 0.0875. The zero-order chi connectivity index (χ0) is 26.2. The van der Waals surface area contributed by atoms with E-state index in [2.05, 4.69) is 26.3 Å². The van der Waals surface area contributed by atoms with Crippen molar-refractivity contribution < 1.29 is 30.3 Å². The third-order valence-electron chi connectivity index (χ3n) is 4.18. The van der Waals surface area contributed by atoms with Crippen LogP contribution in [-0.2, 0) is 30.3 Å². The van der Waals surface area contributed by atoms with Gasteiger partial charge in [0.25, 0.3) is 0 Å². The van der Waals surface area contributed by atoms with Gasteiger partial charge in [-0.2, -0.15) is 4.31 Å². The highest BCUT2D eigenvalue weighted by Crippen LogP contribution is 2.69. The second-order valence-corrected chi connectivity index (χ2v) is 31.4. The normalized spacial score (nSPS) is 14.1. The van der Waals surface area contributed by atoms with E-state index in [0.29, 0.717) is 24.2 Å². The minimum atomic E-state index is -4.35. The first kappa shape index (κ1) is 33.1. The molecule has 0 radical (unpaired) electrons. The second kappa shape index (κ2) is 12.9. The van der Waals surface area contributed by atoms with Gasteiger partial charge in [0.2, 0.25) is 33.3 Å². The van der Waals surface area contributed by atoms with Crippen LogP contribution in [0.4, 0.5) is 0 Å². The van der Waals surface area contributed by atoms with Crippen LogP contribution >= 0.6 is 15.6 Å². The van der Waals surface area contributed by atoms with Crippen LogP contribution in [0.1, 0.15) is 0 Å². The fourth-order valence-corrected chi connectivity index (χ4v) is 20.3. The lowest BCUT2D eigenvalue weighted by atomic mass is 10.8. The van der Waals surface area contributed by atoms with Crippen LogP contribution < -0.4 is 0 Å². The maximum Gasteiger partial charge on any atom is 0.464 e. The van der Waals surface area contributed by atoms with Crippen molar-refractivity contribution in [2.75, 3.05) is 0 Å². The van der Waals surface area contributed by atoms with Crippen LogP contribution in [0, 0.1) is 0 Å². The number of hydrogen-bond donors (Lipinski definition) is 0. The van der Waals surface area contributed by atoms with E-state index in [-0.39, 0.29) is 0 Å². The summed E-state index contributed by atoms with van der Waals surface area (Å²) in [6.07, 6.45) is 6.82. The Labute approximate surface area is 206 Å².